The van der Waals surface area contributed by atoms with Gasteiger partial charge in [0.05, 0.1) is 10.6 Å². The molecule has 0 saturated heterocycles. The molecule has 3 rings (SSSR count). The Balaban J connectivity index is 1.93. The molecule has 0 unspecified atom stereocenters. The Labute approximate surface area is 167 Å². The number of amides is 1. The minimum Gasteiger partial charge on any atom is -0.385 e. The molecule has 7 heteroatoms. The number of hydrogen-bond donors (Lipinski definition) is 1. The number of nitrogens with one attached hydrogen (secondary N) is 1. The Kier molecular flexibility index (Phi) is 6.73. The molecule has 2 heterocycles. The number of rotatable bonds is 8. The number of nitrogens with zero attached hydrogens (tertiary/aromatic N) is 3. The van der Waals surface area contributed by atoms with Crippen LogP contribution < -0.4 is 5.32 Å². The van der Waals surface area contributed by atoms with Crippen molar-refractivity contribution in [3.63, 3.8) is 0 Å². The number of ether oxygens (including phenoxy) is 1. The first-order chi connectivity index (χ1) is 13.7. The molecule has 0 aliphatic heterocycles. The fraction of sp³-hybridized carbons (Fsp3) is 0.190. The molecule has 2 aromatic heterocycles. The van der Waals surface area contributed by atoms with Gasteiger partial charge in [0, 0.05) is 32.0 Å². The van der Waals surface area contributed by atoms with E-state index in [-0.39, 0.29) is 5.57 Å². The number of aromatic nitrogens is 2. The van der Waals surface area contributed by atoms with Crippen molar-refractivity contribution >= 4 is 23.3 Å². The van der Waals surface area contributed by atoms with Crippen LogP contribution in [0.3, 0.4) is 0 Å². The topological polar surface area (TPSA) is 79.9 Å². The van der Waals surface area contributed by atoms with E-state index in [1.807, 2.05) is 60.1 Å². The molecule has 0 atom stereocenters. The Morgan fingerprint density at radius 1 is 1.32 bits per heavy atom. The predicted molar refractivity (Wildman–Crippen MR) is 110 cm³/mol. The van der Waals surface area contributed by atoms with Crippen LogP contribution in [0.2, 0.25) is 0 Å². The fourth-order valence-electron chi connectivity index (χ4n) is 2.63. The number of methoxy groups -OCH3 is 1. The zero-order valence-electron chi connectivity index (χ0n) is 15.5. The first-order valence-electron chi connectivity index (χ1n) is 8.81. The van der Waals surface area contributed by atoms with Crippen LogP contribution in [-0.4, -0.2) is 35.9 Å². The Morgan fingerprint density at radius 2 is 2.14 bits per heavy atom. The number of nitriles is 1. The van der Waals surface area contributed by atoms with E-state index in [0.29, 0.717) is 19.6 Å². The summed E-state index contributed by atoms with van der Waals surface area (Å²) in [6, 6.07) is 15.6. The molecule has 0 spiro atoms. The van der Waals surface area contributed by atoms with Crippen LogP contribution in [0.25, 0.3) is 22.3 Å². The van der Waals surface area contributed by atoms with Crippen molar-refractivity contribution in [2.24, 2.45) is 0 Å². The number of para-hydroxylation sites is 1. The second-order valence-corrected chi connectivity index (χ2v) is 6.91. The van der Waals surface area contributed by atoms with Crippen molar-refractivity contribution in [3.8, 4) is 22.3 Å². The minimum absolute atomic E-state index is 0.0443. The maximum atomic E-state index is 12.3. The third kappa shape index (κ3) is 4.74. The van der Waals surface area contributed by atoms with Gasteiger partial charge in [-0.2, -0.15) is 10.4 Å². The van der Waals surface area contributed by atoms with Gasteiger partial charge in [0.2, 0.25) is 0 Å². The molecule has 0 radical (unpaired) electrons. The normalized spacial score (nSPS) is 11.2. The number of carbonyl (C=O) groups is 1. The molecule has 0 aliphatic rings. The average molecular weight is 392 g/mol. The standard InChI is InChI=1S/C21H20N4O2S/c1-27-11-6-10-23-21(26)16(14-22)13-17-15-25(18-7-3-2-4-8-18)24-20(17)19-9-5-12-28-19/h2-5,7-9,12-13,15H,6,10-11H2,1H3,(H,23,26). The fourth-order valence-corrected chi connectivity index (χ4v) is 3.36. The lowest BCUT2D eigenvalue weighted by Crippen LogP contribution is -2.26. The Morgan fingerprint density at radius 3 is 2.82 bits per heavy atom. The van der Waals surface area contributed by atoms with Crippen LogP contribution in [0.1, 0.15) is 12.0 Å². The molecular formula is C21H20N4O2S. The summed E-state index contributed by atoms with van der Waals surface area (Å²) in [6.07, 6.45) is 4.11. The van der Waals surface area contributed by atoms with Crippen LogP contribution in [0, 0.1) is 11.3 Å². The summed E-state index contributed by atoms with van der Waals surface area (Å²) >= 11 is 1.56. The number of hydrogen-bond acceptors (Lipinski definition) is 5. The summed E-state index contributed by atoms with van der Waals surface area (Å²) in [7, 11) is 1.61. The highest BCUT2D eigenvalue weighted by Gasteiger charge is 2.15. The zero-order valence-corrected chi connectivity index (χ0v) is 16.3. The summed E-state index contributed by atoms with van der Waals surface area (Å²) < 4.78 is 6.72. The average Bonchev–Trinajstić information content (AvgIpc) is 3.39. The summed E-state index contributed by atoms with van der Waals surface area (Å²) in [5, 5.41) is 18.9. The minimum atomic E-state index is -0.400. The van der Waals surface area contributed by atoms with E-state index < -0.39 is 5.91 Å². The van der Waals surface area contributed by atoms with E-state index in [9.17, 15) is 10.1 Å². The van der Waals surface area contributed by atoms with E-state index in [0.717, 1.165) is 21.8 Å². The lowest BCUT2D eigenvalue weighted by molar-refractivity contribution is -0.117. The highest BCUT2D eigenvalue weighted by Crippen LogP contribution is 2.29. The van der Waals surface area contributed by atoms with Gasteiger partial charge in [0.1, 0.15) is 17.3 Å². The molecule has 0 aliphatic carbocycles. The van der Waals surface area contributed by atoms with Crippen LogP contribution >= 0.6 is 11.3 Å². The second kappa shape index (κ2) is 9.65. The van der Waals surface area contributed by atoms with Gasteiger partial charge >= 0.3 is 0 Å². The molecule has 1 aromatic carbocycles. The first-order valence-corrected chi connectivity index (χ1v) is 9.69. The van der Waals surface area contributed by atoms with Gasteiger partial charge in [-0.1, -0.05) is 24.3 Å². The molecule has 0 fully saturated rings. The monoisotopic (exact) mass is 392 g/mol. The van der Waals surface area contributed by atoms with Gasteiger partial charge in [-0.25, -0.2) is 4.68 Å². The van der Waals surface area contributed by atoms with Crippen LogP contribution in [0.5, 0.6) is 0 Å². The van der Waals surface area contributed by atoms with Crippen LogP contribution in [-0.2, 0) is 9.53 Å². The van der Waals surface area contributed by atoms with E-state index in [1.165, 1.54) is 0 Å². The van der Waals surface area contributed by atoms with E-state index in [4.69, 9.17) is 4.74 Å². The lowest BCUT2D eigenvalue weighted by atomic mass is 10.1. The summed E-state index contributed by atoms with van der Waals surface area (Å²) in [4.78, 5) is 13.3. The van der Waals surface area contributed by atoms with Gasteiger partial charge in [-0.3, -0.25) is 4.79 Å². The molecule has 1 amide bonds. The van der Waals surface area contributed by atoms with Crippen molar-refractivity contribution in [3.05, 3.63) is 65.2 Å². The SMILES string of the molecule is COCCCNC(=O)C(C#N)=Cc1cn(-c2ccccc2)nc1-c1cccs1. The molecule has 1 N–H and O–H groups in total. The highest BCUT2D eigenvalue weighted by atomic mass is 32.1. The first kappa shape index (κ1) is 19.5. The Bertz CT molecular complexity index is 985. The second-order valence-electron chi connectivity index (χ2n) is 5.96. The number of carbonyl (C=O) groups excluding carboxylic acids is 1. The van der Waals surface area contributed by atoms with Crippen LogP contribution in [0.15, 0.2) is 59.6 Å². The molecular weight excluding hydrogens is 372 g/mol. The predicted octanol–water partition coefficient (Wildman–Crippen LogP) is 3.66. The molecule has 28 heavy (non-hydrogen) atoms. The van der Waals surface area contributed by atoms with Gasteiger partial charge in [0.25, 0.3) is 5.91 Å². The van der Waals surface area contributed by atoms with Crippen molar-refractivity contribution in [2.75, 3.05) is 20.3 Å². The van der Waals surface area contributed by atoms with Crippen LogP contribution in [0.4, 0.5) is 0 Å². The zero-order chi connectivity index (χ0) is 19.8. The summed E-state index contributed by atoms with van der Waals surface area (Å²) in [6.45, 7) is 1.00. The number of thiophene rings is 1. The molecule has 0 bridgehead atoms. The van der Waals surface area contributed by atoms with E-state index in [2.05, 4.69) is 10.4 Å². The lowest BCUT2D eigenvalue weighted by Gasteiger charge is -2.03. The van der Waals surface area contributed by atoms with Gasteiger partial charge in [0.15, 0.2) is 0 Å². The van der Waals surface area contributed by atoms with E-state index in [1.54, 1.807) is 29.2 Å². The molecule has 3 aromatic rings. The third-order valence-electron chi connectivity index (χ3n) is 3.99. The smallest absolute Gasteiger partial charge is 0.261 e. The molecule has 142 valence electrons. The quantitative estimate of drug-likeness (QED) is 0.360. The van der Waals surface area contributed by atoms with Gasteiger partial charge in [-0.05, 0) is 36.1 Å². The summed E-state index contributed by atoms with van der Waals surface area (Å²) in [5.41, 5.74) is 2.40. The van der Waals surface area contributed by atoms with Gasteiger partial charge in [-0.15, -0.1) is 11.3 Å². The Hall–Kier alpha value is -3.21. The molecule has 0 saturated carbocycles. The summed E-state index contributed by atoms with van der Waals surface area (Å²) in [5.74, 6) is -0.400. The largest absolute Gasteiger partial charge is 0.385 e. The van der Waals surface area contributed by atoms with Crippen molar-refractivity contribution in [2.45, 2.75) is 6.42 Å². The van der Waals surface area contributed by atoms with E-state index >= 15 is 0 Å². The highest BCUT2D eigenvalue weighted by molar-refractivity contribution is 7.13. The molecule has 6 nitrogen and oxygen atoms in total. The van der Waals surface area contributed by atoms with Crippen molar-refractivity contribution < 1.29 is 9.53 Å². The van der Waals surface area contributed by atoms with Gasteiger partial charge < -0.3 is 10.1 Å². The maximum Gasteiger partial charge on any atom is 0.261 e. The van der Waals surface area contributed by atoms with Crippen molar-refractivity contribution in [1.82, 2.24) is 15.1 Å². The maximum absolute atomic E-state index is 12.3. The number of benzene rings is 1. The van der Waals surface area contributed by atoms with Crippen molar-refractivity contribution in [1.29, 1.82) is 5.26 Å². The third-order valence-corrected chi connectivity index (χ3v) is 4.87.